The van der Waals surface area contributed by atoms with Gasteiger partial charge >= 0.3 is 6.18 Å². The summed E-state index contributed by atoms with van der Waals surface area (Å²) in [6.07, 6.45) is -13.0. The molecule has 4 atom stereocenters. The molecule has 3 aliphatic carbocycles. The van der Waals surface area contributed by atoms with E-state index < -0.39 is 184 Å². The molecule has 3 aliphatic rings. The van der Waals surface area contributed by atoms with Crippen molar-refractivity contribution in [1.29, 1.82) is 0 Å². The van der Waals surface area contributed by atoms with Crippen molar-refractivity contribution in [2.24, 2.45) is 5.92 Å². The molecule has 0 fully saturated rings. The lowest BCUT2D eigenvalue weighted by Gasteiger charge is -2.30. The Morgan fingerprint density at radius 1 is 1.08 bits per heavy atom. The summed E-state index contributed by atoms with van der Waals surface area (Å²) in [7, 11) is 0. The van der Waals surface area contributed by atoms with E-state index in [0.29, 0.717) is 18.4 Å². The summed E-state index contributed by atoms with van der Waals surface area (Å²) in [4.78, 5) is 31.3. The van der Waals surface area contributed by atoms with Crippen LogP contribution >= 0.6 is 11.8 Å². The molecular formula is C37H44F4N4O2S. The van der Waals surface area contributed by atoms with Crippen LogP contribution in [-0.2, 0) is 29.9 Å². The fourth-order valence-electron chi connectivity index (χ4n) is 4.70. The number of halogens is 4. The highest BCUT2D eigenvalue weighted by Gasteiger charge is 2.38. The van der Waals surface area contributed by atoms with Crippen molar-refractivity contribution in [3.05, 3.63) is 104 Å². The number of hydrogen-bond donors (Lipinski definition) is 0. The first-order chi connectivity index (χ1) is 32.0. The minimum absolute atomic E-state index is 0.0751. The number of amides is 1. The maximum atomic E-state index is 15.4. The normalized spacial score (nSPS) is 32.0. The third-order valence-corrected chi connectivity index (χ3v) is 7.97. The van der Waals surface area contributed by atoms with Crippen LogP contribution in [0.5, 0.6) is 0 Å². The summed E-state index contributed by atoms with van der Waals surface area (Å²) in [5, 5.41) is -0.845. The molecular weight excluding hydrogens is 640 g/mol. The first-order valence-corrected chi connectivity index (χ1v) is 15.3. The van der Waals surface area contributed by atoms with Gasteiger partial charge in [0, 0.05) is 54.4 Å². The summed E-state index contributed by atoms with van der Waals surface area (Å²) in [5.41, 5.74) is -7.26. The molecule has 0 N–H and O–H groups in total. The van der Waals surface area contributed by atoms with E-state index in [9.17, 15) is 30.6 Å². The molecule has 0 saturated heterocycles. The molecule has 4 unspecified atom stereocenters. The van der Waals surface area contributed by atoms with Crippen LogP contribution in [0.3, 0.4) is 0 Å². The number of nitrogens with zero attached hydrogens (tertiary/aromatic N) is 4. The van der Waals surface area contributed by atoms with Crippen LogP contribution in [0.4, 0.5) is 17.6 Å². The molecule has 0 bridgehead atoms. The van der Waals surface area contributed by atoms with Crippen molar-refractivity contribution in [2.45, 2.75) is 82.8 Å². The lowest BCUT2D eigenvalue weighted by atomic mass is 9.82. The van der Waals surface area contributed by atoms with E-state index in [1.807, 2.05) is 0 Å². The van der Waals surface area contributed by atoms with Gasteiger partial charge in [-0.15, -0.1) is 0 Å². The second-order valence-electron chi connectivity index (χ2n) is 10.2. The van der Waals surface area contributed by atoms with Gasteiger partial charge in [-0.3, -0.25) is 9.59 Å². The summed E-state index contributed by atoms with van der Waals surface area (Å²) in [5.74, 6) is -6.77. The fourth-order valence-corrected chi connectivity index (χ4v) is 5.55. The van der Waals surface area contributed by atoms with Crippen LogP contribution in [0.1, 0.15) is 94.7 Å². The van der Waals surface area contributed by atoms with Crippen LogP contribution in [-0.4, -0.2) is 63.9 Å². The second kappa shape index (κ2) is 15.8. The number of hydrogen-bond acceptors (Lipinski definition) is 5. The Kier molecular flexibility index (Phi) is 5.45. The molecule has 5 rings (SSSR count). The standard InChI is InChI=1S/C37H44F4N4O2S/c1-4-43(5-2)19-20-44(22-26-9-13-28(14-10-26)29-15-18-32(25(3)21-29)37(39,40)41)34(46)23-45-33-8-6-7-31(33)35(47)42-36(45)48-24-27-11-16-30(38)17-12-27/h9,11-13,15-18,25H,4-8,10,14,19-24H2,1-3H3/i4D2,5D2,9D,10D,11D,12D,13D,14D,15D,16D,17D,18D,19D2,20D2,21D,22D2,23D2. The van der Waals surface area contributed by atoms with Gasteiger partial charge in [-0.1, -0.05) is 74.4 Å². The first-order valence-electron chi connectivity index (χ1n) is 26.1. The predicted molar refractivity (Wildman–Crippen MR) is 182 cm³/mol. The molecule has 2 aromatic rings. The number of benzene rings is 1. The second-order valence-corrected chi connectivity index (χ2v) is 11.1. The lowest BCUT2D eigenvalue weighted by Crippen LogP contribution is -2.42. The number of aromatic nitrogens is 2. The first kappa shape index (κ1) is 16.5. The van der Waals surface area contributed by atoms with Gasteiger partial charge in [-0.05, 0) is 86.2 Å². The van der Waals surface area contributed by atoms with E-state index in [-0.39, 0.29) is 42.3 Å². The van der Waals surface area contributed by atoms with Gasteiger partial charge in [0.05, 0.1) is 19.2 Å². The molecule has 1 aromatic carbocycles. The summed E-state index contributed by atoms with van der Waals surface area (Å²) < 4.78 is 258. The number of alkyl halides is 3. The Labute approximate surface area is 316 Å². The molecule has 1 amide bonds. The van der Waals surface area contributed by atoms with E-state index in [0.717, 1.165) is 6.92 Å². The zero-order valence-corrected chi connectivity index (χ0v) is 26.5. The van der Waals surface area contributed by atoms with Crippen molar-refractivity contribution >= 4 is 17.7 Å². The monoisotopic (exact) mass is 707 g/mol. The largest absolute Gasteiger partial charge is 0.412 e. The van der Waals surface area contributed by atoms with Gasteiger partial charge in [0.15, 0.2) is 5.16 Å². The minimum atomic E-state index is -5.24. The number of likely N-dealkylation sites (N-methyl/N-ethyl adjacent to an activating group) is 1. The molecule has 0 spiro atoms. The number of fused-ring (bicyclic) bond motifs is 1. The van der Waals surface area contributed by atoms with Crippen molar-refractivity contribution in [3.8, 4) is 0 Å². The number of carbonyl (C=O) groups excluding carboxylic acids is 1. The topological polar surface area (TPSA) is 58.4 Å². The Morgan fingerprint density at radius 2 is 1.81 bits per heavy atom. The minimum Gasteiger partial charge on any atom is -0.336 e. The van der Waals surface area contributed by atoms with Crippen molar-refractivity contribution in [3.63, 3.8) is 0 Å². The maximum absolute atomic E-state index is 15.4. The van der Waals surface area contributed by atoms with Gasteiger partial charge in [0.1, 0.15) is 12.3 Å². The van der Waals surface area contributed by atoms with Gasteiger partial charge in [-0.2, -0.15) is 18.2 Å². The zero-order chi connectivity index (χ0) is 54.8. The van der Waals surface area contributed by atoms with E-state index >= 15 is 4.79 Å². The molecule has 0 aliphatic heterocycles. The average Bonchev–Trinajstić information content (AvgIpc) is 3.70. The smallest absolute Gasteiger partial charge is 0.336 e. The Bertz CT molecular complexity index is 2710. The number of allylic oxidation sites excluding steroid dienone is 7. The van der Waals surface area contributed by atoms with E-state index in [1.165, 1.54) is 0 Å². The third-order valence-electron chi connectivity index (χ3n) is 7.01. The average molecular weight is 708 g/mol. The van der Waals surface area contributed by atoms with E-state index in [1.54, 1.807) is 0 Å². The Balaban J connectivity index is 1.86. The van der Waals surface area contributed by atoms with Crippen LogP contribution in [0.15, 0.2) is 80.6 Å². The van der Waals surface area contributed by atoms with Crippen molar-refractivity contribution in [1.82, 2.24) is 19.4 Å². The molecule has 1 heterocycles. The van der Waals surface area contributed by atoms with Crippen molar-refractivity contribution < 1.29 is 53.9 Å². The summed E-state index contributed by atoms with van der Waals surface area (Å²) in [6.45, 7) is -22.1. The third kappa shape index (κ3) is 8.77. The molecule has 1 aromatic heterocycles. The fraction of sp³-hybridized carbons (Fsp3) is 0.486. The number of carbonyl (C=O) groups is 1. The Morgan fingerprint density at radius 3 is 2.52 bits per heavy atom. The lowest BCUT2D eigenvalue weighted by molar-refractivity contribution is -0.131. The highest BCUT2D eigenvalue weighted by atomic mass is 32.2. The highest BCUT2D eigenvalue weighted by Crippen LogP contribution is 2.40. The van der Waals surface area contributed by atoms with E-state index in [2.05, 4.69) is 4.98 Å². The summed E-state index contributed by atoms with van der Waals surface area (Å²) in [6, 6.07) is -9.87. The van der Waals surface area contributed by atoms with Crippen LogP contribution in [0.2, 0.25) is 0 Å². The molecule has 11 heteroatoms. The summed E-state index contributed by atoms with van der Waals surface area (Å²) >= 11 is 0.269. The van der Waals surface area contributed by atoms with Crippen LogP contribution < -0.4 is 5.56 Å². The van der Waals surface area contributed by atoms with Crippen LogP contribution in [0.25, 0.3) is 0 Å². The maximum Gasteiger partial charge on any atom is 0.412 e. The number of thioether (sulfide) groups is 1. The Hall–Kier alpha value is -3.44. The SMILES string of the molecule is [2H]C1=C(C2=C([2H])C([2H])=C(C(F)(F)F)C(C)C2[2H])C([2H])C([2H])C(C([2H])([2H])N(C(=O)C([2H])([2H])n2c(SCc3c([2H])c([2H])c(F)c([2H])c3[2H])nc(=O)c3c2CCC3)C([2H])([2H])C([2H])([2H])N(C([2H])([2H])C)C([2H])([2H])C)=C1[2H]. The van der Waals surface area contributed by atoms with Crippen LogP contribution in [0, 0.1) is 11.7 Å². The zero-order valence-electron chi connectivity index (χ0n) is 48.7. The van der Waals surface area contributed by atoms with Crippen molar-refractivity contribution in [2.75, 3.05) is 32.5 Å². The molecule has 0 saturated carbocycles. The van der Waals surface area contributed by atoms with E-state index in [4.69, 9.17) is 23.3 Å². The molecule has 6 nitrogen and oxygen atoms in total. The number of rotatable bonds is 13. The van der Waals surface area contributed by atoms with Gasteiger partial charge in [0.25, 0.3) is 5.56 Å². The van der Waals surface area contributed by atoms with Gasteiger partial charge < -0.3 is 14.4 Å². The highest BCUT2D eigenvalue weighted by molar-refractivity contribution is 7.98. The molecule has 48 heavy (non-hydrogen) atoms. The van der Waals surface area contributed by atoms with Gasteiger partial charge in [-0.25, -0.2) is 4.39 Å². The predicted octanol–water partition coefficient (Wildman–Crippen LogP) is 7.44. The quantitative estimate of drug-likeness (QED) is 0.123. The molecule has 0 radical (unpaired) electrons. The van der Waals surface area contributed by atoms with Gasteiger partial charge in [0.2, 0.25) is 5.91 Å². The molecule has 258 valence electrons.